The second-order valence-electron chi connectivity index (χ2n) is 3.41. The molecule has 1 aromatic heterocycles. The van der Waals surface area contributed by atoms with E-state index in [4.69, 9.17) is 0 Å². The van der Waals surface area contributed by atoms with E-state index in [2.05, 4.69) is 35.5 Å². The van der Waals surface area contributed by atoms with Crippen molar-refractivity contribution in [1.29, 1.82) is 0 Å². The van der Waals surface area contributed by atoms with Gasteiger partial charge in [-0.05, 0) is 11.5 Å². The summed E-state index contributed by atoms with van der Waals surface area (Å²) < 4.78 is 3.98. The van der Waals surface area contributed by atoms with E-state index < -0.39 is 8.07 Å². The van der Waals surface area contributed by atoms with Crippen LogP contribution < -0.4 is 0 Å². The highest BCUT2D eigenvalue weighted by molar-refractivity contribution is 7.03. The molecule has 0 atom stereocenters. The molecule has 0 aliphatic carbocycles. The first-order valence-corrected chi connectivity index (χ1v) is 7.84. The molecule has 0 bridgehead atoms. The summed E-state index contributed by atoms with van der Waals surface area (Å²) in [7, 11) is -1.20. The van der Waals surface area contributed by atoms with Crippen LogP contribution in [0.1, 0.15) is 5.56 Å². The van der Waals surface area contributed by atoms with E-state index in [9.17, 15) is 0 Å². The summed E-state index contributed by atoms with van der Waals surface area (Å²) in [6.45, 7) is 6.71. The zero-order chi connectivity index (χ0) is 8.32. The zero-order valence-electron chi connectivity index (χ0n) is 7.01. The third-order valence-electron chi connectivity index (χ3n) is 1.01. The van der Waals surface area contributed by atoms with E-state index in [0.29, 0.717) is 0 Å². The van der Waals surface area contributed by atoms with Crippen molar-refractivity contribution in [3.05, 3.63) is 17.1 Å². The Morgan fingerprint density at radius 1 is 1.45 bits per heavy atom. The summed E-state index contributed by atoms with van der Waals surface area (Å²) in [4.78, 5) is 0. The van der Waals surface area contributed by atoms with Crippen LogP contribution >= 0.6 is 11.5 Å². The molecule has 0 radical (unpaired) electrons. The molecule has 1 rings (SSSR count). The van der Waals surface area contributed by atoms with E-state index in [0.717, 1.165) is 5.56 Å². The molecule has 58 valence electrons. The summed E-state index contributed by atoms with van der Waals surface area (Å²) in [5.74, 6) is 3.12. The Balaban J connectivity index is 2.74. The number of hydrogen-bond acceptors (Lipinski definition) is 2. The molecule has 0 aliphatic rings. The van der Waals surface area contributed by atoms with Gasteiger partial charge in [0.05, 0.1) is 11.8 Å². The maximum Gasteiger partial charge on any atom is 0.129 e. The SMILES string of the molecule is C[Si](C)(C)C#Cc1cnsc1. The van der Waals surface area contributed by atoms with Crippen molar-refractivity contribution < 1.29 is 0 Å². The Labute approximate surface area is 72.6 Å². The van der Waals surface area contributed by atoms with Crippen LogP contribution in [-0.4, -0.2) is 12.4 Å². The Bertz CT molecular complexity index is 273. The second-order valence-corrected chi connectivity index (χ2v) is 8.82. The van der Waals surface area contributed by atoms with Gasteiger partial charge in [-0.3, -0.25) is 0 Å². The van der Waals surface area contributed by atoms with Gasteiger partial charge in [0.25, 0.3) is 0 Å². The van der Waals surface area contributed by atoms with Gasteiger partial charge in [-0.25, -0.2) is 0 Å². The third-order valence-corrected chi connectivity index (χ3v) is 2.48. The lowest BCUT2D eigenvalue weighted by atomic mass is 10.4. The van der Waals surface area contributed by atoms with Crippen molar-refractivity contribution in [2.45, 2.75) is 19.6 Å². The van der Waals surface area contributed by atoms with Crippen molar-refractivity contribution in [3.8, 4) is 11.5 Å². The second kappa shape index (κ2) is 3.20. The molecule has 0 N–H and O–H groups in total. The summed E-state index contributed by atoms with van der Waals surface area (Å²) in [5, 5.41) is 1.98. The van der Waals surface area contributed by atoms with E-state index in [-0.39, 0.29) is 0 Å². The van der Waals surface area contributed by atoms with Crippen molar-refractivity contribution in [2.75, 3.05) is 0 Å². The molecule has 3 heteroatoms. The van der Waals surface area contributed by atoms with Gasteiger partial charge in [-0.2, -0.15) is 4.37 Å². The topological polar surface area (TPSA) is 12.9 Å². The van der Waals surface area contributed by atoms with Crippen LogP contribution in [-0.2, 0) is 0 Å². The summed E-state index contributed by atoms with van der Waals surface area (Å²) in [6, 6.07) is 0. The lowest BCUT2D eigenvalue weighted by Crippen LogP contribution is -2.16. The van der Waals surface area contributed by atoms with E-state index >= 15 is 0 Å². The molecule has 1 nitrogen and oxygen atoms in total. The highest BCUT2D eigenvalue weighted by atomic mass is 32.1. The van der Waals surface area contributed by atoms with E-state index in [1.165, 1.54) is 11.5 Å². The average molecular weight is 181 g/mol. The van der Waals surface area contributed by atoms with E-state index in [1.54, 1.807) is 0 Å². The number of hydrogen-bond donors (Lipinski definition) is 0. The highest BCUT2D eigenvalue weighted by Gasteiger charge is 2.07. The largest absolute Gasteiger partial charge is 0.200 e. The maximum absolute atomic E-state index is 3.98. The van der Waals surface area contributed by atoms with Gasteiger partial charge in [0.2, 0.25) is 0 Å². The molecule has 0 spiro atoms. The monoisotopic (exact) mass is 181 g/mol. The van der Waals surface area contributed by atoms with Gasteiger partial charge >= 0.3 is 0 Å². The smallest absolute Gasteiger partial charge is 0.129 e. The lowest BCUT2D eigenvalue weighted by Gasteiger charge is -2.02. The van der Waals surface area contributed by atoms with Crippen LogP contribution in [0, 0.1) is 11.5 Å². The van der Waals surface area contributed by atoms with Crippen molar-refractivity contribution >= 4 is 19.6 Å². The van der Waals surface area contributed by atoms with Crippen LogP contribution in [0.25, 0.3) is 0 Å². The van der Waals surface area contributed by atoms with Crippen LogP contribution in [0.4, 0.5) is 0 Å². The molecule has 0 aliphatic heterocycles. The Kier molecular flexibility index (Phi) is 2.48. The first-order chi connectivity index (χ1) is 5.08. The van der Waals surface area contributed by atoms with Crippen LogP contribution in [0.3, 0.4) is 0 Å². The minimum absolute atomic E-state index is 1.05. The summed E-state index contributed by atoms with van der Waals surface area (Å²) >= 11 is 1.45. The molecular weight excluding hydrogens is 170 g/mol. The molecule has 0 amide bonds. The Morgan fingerprint density at radius 3 is 2.64 bits per heavy atom. The van der Waals surface area contributed by atoms with Crippen molar-refractivity contribution in [1.82, 2.24) is 4.37 Å². The molecule has 0 saturated heterocycles. The average Bonchev–Trinajstić information content (AvgIpc) is 2.32. The van der Waals surface area contributed by atoms with Crippen molar-refractivity contribution in [3.63, 3.8) is 0 Å². The maximum atomic E-state index is 3.98. The summed E-state index contributed by atoms with van der Waals surface area (Å²) in [6.07, 6.45) is 1.82. The highest BCUT2D eigenvalue weighted by Crippen LogP contribution is 2.01. The number of rotatable bonds is 0. The minimum Gasteiger partial charge on any atom is -0.200 e. The van der Waals surface area contributed by atoms with Crippen LogP contribution in [0.2, 0.25) is 19.6 Å². The molecule has 0 saturated carbocycles. The first-order valence-electron chi connectivity index (χ1n) is 3.50. The van der Waals surface area contributed by atoms with Crippen LogP contribution in [0.5, 0.6) is 0 Å². The van der Waals surface area contributed by atoms with Crippen LogP contribution in [0.15, 0.2) is 11.6 Å². The predicted octanol–water partition coefficient (Wildman–Crippen LogP) is 2.37. The molecule has 0 unspecified atom stereocenters. The molecule has 0 aromatic carbocycles. The number of nitrogens with zero attached hydrogens (tertiary/aromatic N) is 1. The van der Waals surface area contributed by atoms with Gasteiger partial charge in [0.1, 0.15) is 8.07 Å². The van der Waals surface area contributed by atoms with Gasteiger partial charge in [-0.15, -0.1) is 5.54 Å². The molecule has 1 aromatic rings. The fourth-order valence-electron chi connectivity index (χ4n) is 0.526. The molecule has 0 fully saturated rings. The van der Waals surface area contributed by atoms with E-state index in [1.807, 2.05) is 11.6 Å². The van der Waals surface area contributed by atoms with Gasteiger partial charge in [0, 0.05) is 5.38 Å². The van der Waals surface area contributed by atoms with Crippen molar-refractivity contribution in [2.24, 2.45) is 0 Å². The molecule has 1 heterocycles. The standard InChI is InChI=1S/C8H11NSSi/c1-11(2,3)5-4-8-6-9-10-7-8/h6-7H,1-3H3. The van der Waals surface area contributed by atoms with Gasteiger partial charge < -0.3 is 0 Å². The zero-order valence-corrected chi connectivity index (χ0v) is 8.83. The lowest BCUT2D eigenvalue weighted by molar-refractivity contribution is 1.56. The summed E-state index contributed by atoms with van der Waals surface area (Å²) in [5.41, 5.74) is 4.33. The normalized spacial score (nSPS) is 10.5. The molecule has 11 heavy (non-hydrogen) atoms. The molecular formula is C8H11NSSi. The van der Waals surface area contributed by atoms with Gasteiger partial charge in [-0.1, -0.05) is 25.6 Å². The quantitative estimate of drug-likeness (QED) is 0.442. The Morgan fingerprint density at radius 2 is 2.18 bits per heavy atom. The van der Waals surface area contributed by atoms with Gasteiger partial charge in [0.15, 0.2) is 0 Å². The fourth-order valence-corrected chi connectivity index (χ4v) is 1.51. The number of aromatic nitrogens is 1. The predicted molar refractivity (Wildman–Crippen MR) is 52.3 cm³/mol. The fraction of sp³-hybridized carbons (Fsp3) is 0.375. The Hall–Kier alpha value is -0.593. The minimum atomic E-state index is -1.20. The first kappa shape index (κ1) is 8.50. The third kappa shape index (κ3) is 3.35.